The molecule has 1 atom stereocenters. The second-order valence-electron chi connectivity index (χ2n) is 3.52. The Hall–Kier alpha value is -1.44. The van der Waals surface area contributed by atoms with Gasteiger partial charge in [-0.3, -0.25) is 4.79 Å². The van der Waals surface area contributed by atoms with Gasteiger partial charge in [-0.25, -0.2) is 0 Å². The third kappa shape index (κ3) is 3.52. The maximum Gasteiger partial charge on any atom is 0.256 e. The van der Waals surface area contributed by atoms with E-state index in [2.05, 4.69) is 5.32 Å². The number of carbonyl (C=O) groups excluding carboxylic acids is 1. The summed E-state index contributed by atoms with van der Waals surface area (Å²) < 4.78 is 0. The standard InChI is InChI=1S/C11H10Cl2N2O2/c1-6(2-3-14)15-11(17)10-8(13)4-7(12)5-9(10)16/h4-6,16H,2H2,1H3,(H,15,17)/t6-/m0/s1. The number of phenols is 1. The first-order chi connectivity index (χ1) is 7.95. The van der Waals surface area contributed by atoms with Crippen LogP contribution in [0.25, 0.3) is 0 Å². The van der Waals surface area contributed by atoms with Crippen molar-refractivity contribution in [1.82, 2.24) is 5.32 Å². The van der Waals surface area contributed by atoms with Crippen LogP contribution in [-0.2, 0) is 0 Å². The molecule has 1 amide bonds. The predicted molar refractivity (Wildman–Crippen MR) is 65.3 cm³/mol. The molecule has 0 saturated heterocycles. The molecule has 0 spiro atoms. The summed E-state index contributed by atoms with van der Waals surface area (Å²) in [6.07, 6.45) is 0.178. The zero-order valence-corrected chi connectivity index (χ0v) is 10.5. The highest BCUT2D eigenvalue weighted by Crippen LogP contribution is 2.29. The SMILES string of the molecule is C[C@@H](CC#N)NC(=O)c1c(O)cc(Cl)cc1Cl. The topological polar surface area (TPSA) is 73.1 Å². The lowest BCUT2D eigenvalue weighted by atomic mass is 10.1. The monoisotopic (exact) mass is 272 g/mol. The van der Waals surface area contributed by atoms with Gasteiger partial charge in [0.2, 0.25) is 0 Å². The average Bonchev–Trinajstić information content (AvgIpc) is 2.15. The first-order valence-electron chi connectivity index (χ1n) is 4.81. The third-order valence-electron chi connectivity index (χ3n) is 2.04. The van der Waals surface area contributed by atoms with Gasteiger partial charge in [0, 0.05) is 11.1 Å². The second-order valence-corrected chi connectivity index (χ2v) is 4.36. The van der Waals surface area contributed by atoms with E-state index in [1.54, 1.807) is 6.92 Å². The Labute approximate surface area is 109 Å². The molecule has 0 heterocycles. The molecule has 0 bridgehead atoms. The molecule has 0 unspecified atom stereocenters. The summed E-state index contributed by atoms with van der Waals surface area (Å²) in [4.78, 5) is 11.8. The van der Waals surface area contributed by atoms with Crippen LogP contribution in [0.15, 0.2) is 12.1 Å². The van der Waals surface area contributed by atoms with Gasteiger partial charge >= 0.3 is 0 Å². The van der Waals surface area contributed by atoms with E-state index in [0.717, 1.165) is 0 Å². The van der Waals surface area contributed by atoms with Crippen molar-refractivity contribution in [2.75, 3.05) is 0 Å². The van der Waals surface area contributed by atoms with Crippen LogP contribution >= 0.6 is 23.2 Å². The number of phenolic OH excluding ortho intramolecular Hbond substituents is 1. The maximum absolute atomic E-state index is 11.8. The first kappa shape index (κ1) is 13.6. The van der Waals surface area contributed by atoms with Crippen molar-refractivity contribution in [1.29, 1.82) is 5.26 Å². The first-order valence-corrected chi connectivity index (χ1v) is 5.57. The molecule has 90 valence electrons. The van der Waals surface area contributed by atoms with E-state index in [1.165, 1.54) is 12.1 Å². The number of aromatic hydroxyl groups is 1. The number of amides is 1. The predicted octanol–water partition coefficient (Wildman–Crippen LogP) is 2.73. The zero-order valence-electron chi connectivity index (χ0n) is 9.00. The van der Waals surface area contributed by atoms with Crippen LogP contribution in [0.3, 0.4) is 0 Å². The lowest BCUT2D eigenvalue weighted by Gasteiger charge is -2.12. The number of carbonyl (C=O) groups is 1. The van der Waals surface area contributed by atoms with Crippen LogP contribution in [0.1, 0.15) is 23.7 Å². The molecule has 0 aliphatic rings. The van der Waals surface area contributed by atoms with Crippen LogP contribution < -0.4 is 5.32 Å². The highest BCUT2D eigenvalue weighted by molar-refractivity contribution is 6.37. The Balaban J connectivity index is 2.94. The van der Waals surface area contributed by atoms with Gasteiger partial charge in [-0.2, -0.15) is 5.26 Å². The second kappa shape index (κ2) is 5.76. The Morgan fingerprint density at radius 1 is 1.59 bits per heavy atom. The molecule has 17 heavy (non-hydrogen) atoms. The molecule has 0 saturated carbocycles. The number of rotatable bonds is 3. The molecule has 2 N–H and O–H groups in total. The quantitative estimate of drug-likeness (QED) is 0.889. The number of nitriles is 1. The summed E-state index contributed by atoms with van der Waals surface area (Å²) in [5.41, 5.74) is -0.0409. The Bertz CT molecular complexity index is 460. The van der Waals surface area contributed by atoms with Gasteiger partial charge in [-0.1, -0.05) is 23.2 Å². The van der Waals surface area contributed by atoms with Gasteiger partial charge in [0.15, 0.2) is 0 Å². The van der Waals surface area contributed by atoms with Crippen LogP contribution in [0.5, 0.6) is 5.75 Å². The number of nitrogens with one attached hydrogen (secondary N) is 1. The van der Waals surface area contributed by atoms with Crippen molar-refractivity contribution in [3.63, 3.8) is 0 Å². The summed E-state index contributed by atoms with van der Waals surface area (Å²) in [5, 5.41) is 20.9. The van der Waals surface area contributed by atoms with Crippen LogP contribution in [-0.4, -0.2) is 17.1 Å². The normalized spacial score (nSPS) is 11.6. The fourth-order valence-electron chi connectivity index (χ4n) is 1.27. The van der Waals surface area contributed by atoms with E-state index in [9.17, 15) is 9.90 Å². The van der Waals surface area contributed by atoms with E-state index >= 15 is 0 Å². The van der Waals surface area contributed by atoms with Crippen molar-refractivity contribution in [3.8, 4) is 11.8 Å². The molecule has 1 rings (SSSR count). The van der Waals surface area contributed by atoms with Crippen molar-refractivity contribution in [3.05, 3.63) is 27.7 Å². The molecule has 6 heteroatoms. The van der Waals surface area contributed by atoms with Gasteiger partial charge in [-0.05, 0) is 19.1 Å². The fraction of sp³-hybridized carbons (Fsp3) is 0.273. The van der Waals surface area contributed by atoms with Gasteiger partial charge in [-0.15, -0.1) is 0 Å². The van der Waals surface area contributed by atoms with Gasteiger partial charge in [0.1, 0.15) is 5.75 Å². The van der Waals surface area contributed by atoms with Crippen LogP contribution in [0, 0.1) is 11.3 Å². The van der Waals surface area contributed by atoms with Gasteiger partial charge < -0.3 is 10.4 Å². The zero-order chi connectivity index (χ0) is 13.0. The van der Waals surface area contributed by atoms with Gasteiger partial charge in [0.05, 0.1) is 23.1 Å². The van der Waals surface area contributed by atoms with E-state index in [4.69, 9.17) is 28.5 Å². The summed E-state index contributed by atoms with van der Waals surface area (Å²) in [7, 11) is 0. The molecule has 0 aromatic heterocycles. The fourth-order valence-corrected chi connectivity index (χ4v) is 1.84. The van der Waals surface area contributed by atoms with Crippen molar-refractivity contribution in [2.24, 2.45) is 0 Å². The third-order valence-corrected chi connectivity index (χ3v) is 2.55. The number of benzene rings is 1. The van der Waals surface area contributed by atoms with E-state index in [0.29, 0.717) is 0 Å². The minimum atomic E-state index is -0.535. The Morgan fingerprint density at radius 2 is 2.24 bits per heavy atom. The minimum absolute atomic E-state index is 0.0409. The molecular weight excluding hydrogens is 263 g/mol. The molecule has 1 aromatic rings. The smallest absolute Gasteiger partial charge is 0.256 e. The number of hydrogen-bond donors (Lipinski definition) is 2. The summed E-state index contributed by atoms with van der Waals surface area (Å²) in [6, 6.07) is 4.21. The number of halogens is 2. The van der Waals surface area contributed by atoms with E-state index < -0.39 is 5.91 Å². The Morgan fingerprint density at radius 3 is 2.76 bits per heavy atom. The van der Waals surface area contributed by atoms with Crippen molar-refractivity contribution >= 4 is 29.1 Å². The molecule has 4 nitrogen and oxygen atoms in total. The molecule has 0 radical (unpaired) electrons. The maximum atomic E-state index is 11.8. The summed E-state index contributed by atoms with van der Waals surface area (Å²) >= 11 is 11.5. The van der Waals surface area contributed by atoms with Gasteiger partial charge in [0.25, 0.3) is 5.91 Å². The lowest BCUT2D eigenvalue weighted by molar-refractivity contribution is 0.0938. The highest BCUT2D eigenvalue weighted by atomic mass is 35.5. The van der Waals surface area contributed by atoms with Crippen molar-refractivity contribution in [2.45, 2.75) is 19.4 Å². The largest absolute Gasteiger partial charge is 0.507 e. The Kier molecular flexibility index (Phi) is 4.62. The highest BCUT2D eigenvalue weighted by Gasteiger charge is 2.18. The average molecular weight is 273 g/mol. The molecule has 0 fully saturated rings. The van der Waals surface area contributed by atoms with Crippen molar-refractivity contribution < 1.29 is 9.90 Å². The summed E-state index contributed by atoms with van der Waals surface area (Å²) in [5.74, 6) is -0.823. The molecule has 1 aromatic carbocycles. The summed E-state index contributed by atoms with van der Waals surface area (Å²) in [6.45, 7) is 1.68. The molecular formula is C11H10Cl2N2O2. The lowest BCUT2D eigenvalue weighted by Crippen LogP contribution is -2.32. The molecule has 0 aliphatic heterocycles. The van der Waals surface area contributed by atoms with Crippen LogP contribution in [0.2, 0.25) is 10.0 Å². The van der Waals surface area contributed by atoms with E-state index in [-0.39, 0.29) is 33.8 Å². The van der Waals surface area contributed by atoms with Crippen LogP contribution in [0.4, 0.5) is 0 Å². The number of hydrogen-bond acceptors (Lipinski definition) is 3. The minimum Gasteiger partial charge on any atom is -0.507 e. The number of nitrogens with zero attached hydrogens (tertiary/aromatic N) is 1. The molecule has 0 aliphatic carbocycles. The van der Waals surface area contributed by atoms with E-state index in [1.807, 2.05) is 6.07 Å².